The standard InChI is InChI=1S/C29H37N5O9/c1-3-41-27(39)29(13-8-14-29)43-23-19-22(31-34(23)20-9-6-5-7-10-20)25(37)30-21(11-12-24(35)36)26(38)32-15-17-33(18-16-32)28(40)42-4-2/h5-7,9-10,19,21H,3-4,8,11-18H2,1-2H3,(H,30,37)(H,35,36). The maximum atomic E-state index is 13.5. The molecular formula is C29H37N5O9. The Balaban J connectivity index is 1.54. The third-order valence-corrected chi connectivity index (χ3v) is 7.39. The average molecular weight is 600 g/mol. The fraction of sp³-hybridized carbons (Fsp3) is 0.517. The average Bonchev–Trinajstić information content (AvgIpc) is 3.41. The lowest BCUT2D eigenvalue weighted by atomic mass is 9.80. The molecule has 0 radical (unpaired) electrons. The molecule has 2 heterocycles. The highest BCUT2D eigenvalue weighted by atomic mass is 16.6. The number of aliphatic carboxylic acids is 1. The number of rotatable bonds is 12. The fourth-order valence-electron chi connectivity index (χ4n) is 4.91. The number of nitrogens with zero attached hydrogens (tertiary/aromatic N) is 4. The van der Waals surface area contributed by atoms with Crippen molar-refractivity contribution in [3.63, 3.8) is 0 Å². The second-order valence-electron chi connectivity index (χ2n) is 10.3. The van der Waals surface area contributed by atoms with Gasteiger partial charge < -0.3 is 34.4 Å². The number of carbonyl (C=O) groups excluding carboxylic acids is 4. The summed E-state index contributed by atoms with van der Waals surface area (Å²) in [6.45, 7) is 4.74. The Bertz CT molecular complexity index is 1320. The molecule has 14 heteroatoms. The number of hydrogen-bond donors (Lipinski definition) is 2. The van der Waals surface area contributed by atoms with Gasteiger partial charge in [-0.15, -0.1) is 0 Å². The SMILES string of the molecule is CCOC(=O)N1CCN(C(=O)C(CCC(=O)O)NC(=O)c2cc(OC3(C(=O)OCC)CCC3)n(-c3ccccc3)n2)CC1. The minimum Gasteiger partial charge on any atom is -0.481 e. The van der Waals surface area contributed by atoms with Gasteiger partial charge in [0.2, 0.25) is 17.4 Å². The van der Waals surface area contributed by atoms with Crippen molar-refractivity contribution in [2.75, 3.05) is 39.4 Å². The Hall–Kier alpha value is -4.62. The summed E-state index contributed by atoms with van der Waals surface area (Å²) in [5.74, 6) is -2.64. The Kier molecular flexibility index (Phi) is 10.2. The predicted molar refractivity (Wildman–Crippen MR) is 151 cm³/mol. The van der Waals surface area contributed by atoms with E-state index >= 15 is 0 Å². The van der Waals surface area contributed by atoms with Crippen LogP contribution in [-0.2, 0) is 23.9 Å². The number of benzene rings is 1. The van der Waals surface area contributed by atoms with E-state index in [9.17, 15) is 29.1 Å². The second kappa shape index (κ2) is 14.0. The molecule has 1 unspecified atom stereocenters. The molecule has 2 N–H and O–H groups in total. The number of carbonyl (C=O) groups is 5. The number of amides is 3. The van der Waals surface area contributed by atoms with Crippen LogP contribution in [0.5, 0.6) is 5.88 Å². The van der Waals surface area contributed by atoms with E-state index in [-0.39, 0.29) is 63.8 Å². The highest BCUT2D eigenvalue weighted by Crippen LogP contribution is 2.38. The molecule has 1 aromatic carbocycles. The minimum absolute atomic E-state index is 0.0857. The zero-order valence-electron chi connectivity index (χ0n) is 24.3. The van der Waals surface area contributed by atoms with Crippen molar-refractivity contribution in [3.05, 3.63) is 42.1 Å². The number of carboxylic acid groups (broad SMARTS) is 1. The molecule has 2 aromatic rings. The van der Waals surface area contributed by atoms with Crippen LogP contribution in [0.2, 0.25) is 0 Å². The number of carboxylic acids is 1. The van der Waals surface area contributed by atoms with E-state index in [1.54, 1.807) is 38.1 Å². The quantitative estimate of drug-likeness (QED) is 0.344. The van der Waals surface area contributed by atoms with Crippen molar-refractivity contribution in [1.82, 2.24) is 24.9 Å². The lowest BCUT2D eigenvalue weighted by molar-refractivity contribution is -0.170. The first-order chi connectivity index (χ1) is 20.7. The summed E-state index contributed by atoms with van der Waals surface area (Å²) in [6, 6.07) is 9.14. The summed E-state index contributed by atoms with van der Waals surface area (Å²) in [4.78, 5) is 66.0. The topological polar surface area (TPSA) is 170 Å². The molecular weight excluding hydrogens is 562 g/mol. The van der Waals surface area contributed by atoms with Crippen molar-refractivity contribution in [2.24, 2.45) is 0 Å². The zero-order valence-corrected chi connectivity index (χ0v) is 24.3. The van der Waals surface area contributed by atoms with Gasteiger partial charge in [-0.1, -0.05) is 18.2 Å². The van der Waals surface area contributed by atoms with Crippen LogP contribution in [0.1, 0.15) is 56.4 Å². The molecule has 3 amide bonds. The number of nitrogens with one attached hydrogen (secondary N) is 1. The molecule has 1 saturated heterocycles. The van der Waals surface area contributed by atoms with E-state index in [1.807, 2.05) is 6.07 Å². The number of aromatic nitrogens is 2. The Morgan fingerprint density at radius 3 is 2.21 bits per heavy atom. The summed E-state index contributed by atoms with van der Waals surface area (Å²) in [5.41, 5.74) is -0.701. The maximum Gasteiger partial charge on any atom is 0.409 e. The molecule has 2 fully saturated rings. The van der Waals surface area contributed by atoms with Gasteiger partial charge in [-0.05, 0) is 51.7 Å². The maximum absolute atomic E-state index is 13.5. The minimum atomic E-state index is -1.19. The number of para-hydroxylation sites is 1. The lowest BCUT2D eigenvalue weighted by Crippen LogP contribution is -2.56. The van der Waals surface area contributed by atoms with Gasteiger partial charge >= 0.3 is 18.0 Å². The lowest BCUT2D eigenvalue weighted by Gasteiger charge is -2.38. The molecule has 1 aliphatic heterocycles. The van der Waals surface area contributed by atoms with E-state index in [1.165, 1.54) is 20.5 Å². The second-order valence-corrected chi connectivity index (χ2v) is 10.3. The van der Waals surface area contributed by atoms with Gasteiger partial charge in [0.25, 0.3) is 5.91 Å². The van der Waals surface area contributed by atoms with E-state index in [0.29, 0.717) is 18.5 Å². The number of ether oxygens (including phenoxy) is 3. The van der Waals surface area contributed by atoms with E-state index in [2.05, 4.69) is 10.4 Å². The Morgan fingerprint density at radius 1 is 0.977 bits per heavy atom. The number of hydrogen-bond acceptors (Lipinski definition) is 9. The molecule has 1 aliphatic carbocycles. The molecule has 2 aliphatic rings. The third-order valence-electron chi connectivity index (χ3n) is 7.39. The predicted octanol–water partition coefficient (Wildman–Crippen LogP) is 2.00. The summed E-state index contributed by atoms with van der Waals surface area (Å²) >= 11 is 0. The van der Waals surface area contributed by atoms with Crippen LogP contribution in [-0.4, -0.2) is 106 Å². The highest BCUT2D eigenvalue weighted by molar-refractivity contribution is 5.96. The molecule has 1 atom stereocenters. The molecule has 43 heavy (non-hydrogen) atoms. The van der Waals surface area contributed by atoms with Gasteiger partial charge in [-0.25, -0.2) is 14.3 Å². The van der Waals surface area contributed by atoms with Crippen LogP contribution in [0, 0.1) is 0 Å². The fourth-order valence-corrected chi connectivity index (χ4v) is 4.91. The largest absolute Gasteiger partial charge is 0.481 e. The van der Waals surface area contributed by atoms with Gasteiger partial charge in [0, 0.05) is 38.7 Å². The van der Waals surface area contributed by atoms with Crippen molar-refractivity contribution in [1.29, 1.82) is 0 Å². The van der Waals surface area contributed by atoms with Crippen molar-refractivity contribution >= 4 is 29.8 Å². The highest BCUT2D eigenvalue weighted by Gasteiger charge is 2.49. The van der Waals surface area contributed by atoms with Crippen molar-refractivity contribution in [3.8, 4) is 11.6 Å². The van der Waals surface area contributed by atoms with Crippen molar-refractivity contribution in [2.45, 2.75) is 57.6 Å². The summed E-state index contributed by atoms with van der Waals surface area (Å²) in [7, 11) is 0. The number of piperazine rings is 1. The van der Waals surface area contributed by atoms with Crippen LogP contribution in [0.4, 0.5) is 4.79 Å². The first-order valence-electron chi connectivity index (χ1n) is 14.4. The van der Waals surface area contributed by atoms with E-state index in [0.717, 1.165) is 6.42 Å². The van der Waals surface area contributed by atoms with Crippen LogP contribution >= 0.6 is 0 Å². The molecule has 4 rings (SSSR count). The van der Waals surface area contributed by atoms with Crippen molar-refractivity contribution < 1.29 is 43.3 Å². The third kappa shape index (κ3) is 7.43. The molecule has 1 saturated carbocycles. The van der Waals surface area contributed by atoms with Gasteiger partial charge in [-0.3, -0.25) is 14.4 Å². The molecule has 0 bridgehead atoms. The Labute approximate surface area is 248 Å². The number of esters is 1. The molecule has 1 aromatic heterocycles. The molecule has 232 valence electrons. The Morgan fingerprint density at radius 2 is 1.63 bits per heavy atom. The van der Waals surface area contributed by atoms with Gasteiger partial charge in [-0.2, -0.15) is 5.10 Å². The summed E-state index contributed by atoms with van der Waals surface area (Å²) < 4.78 is 17.9. The van der Waals surface area contributed by atoms with Gasteiger partial charge in [0.1, 0.15) is 6.04 Å². The van der Waals surface area contributed by atoms with E-state index < -0.39 is 41.5 Å². The zero-order chi connectivity index (χ0) is 31.0. The van der Waals surface area contributed by atoms with Crippen LogP contribution in [0.25, 0.3) is 5.69 Å². The summed E-state index contributed by atoms with van der Waals surface area (Å²) in [5, 5.41) is 16.3. The first kappa shape index (κ1) is 31.3. The normalized spacial score (nSPS) is 16.4. The molecule has 0 spiro atoms. The van der Waals surface area contributed by atoms with Gasteiger partial charge in [0.15, 0.2) is 5.69 Å². The smallest absolute Gasteiger partial charge is 0.409 e. The molecule has 14 nitrogen and oxygen atoms in total. The van der Waals surface area contributed by atoms with Crippen LogP contribution in [0.15, 0.2) is 36.4 Å². The first-order valence-corrected chi connectivity index (χ1v) is 14.4. The monoisotopic (exact) mass is 599 g/mol. The van der Waals surface area contributed by atoms with Crippen LogP contribution in [0.3, 0.4) is 0 Å². The van der Waals surface area contributed by atoms with E-state index in [4.69, 9.17) is 14.2 Å². The van der Waals surface area contributed by atoms with Gasteiger partial charge in [0.05, 0.1) is 18.9 Å². The van der Waals surface area contributed by atoms with Crippen LogP contribution < -0.4 is 10.1 Å². The summed E-state index contributed by atoms with van der Waals surface area (Å²) in [6.07, 6.45) is 0.697.